The lowest BCUT2D eigenvalue weighted by Crippen LogP contribution is -2.39. The fourth-order valence-electron chi connectivity index (χ4n) is 2.97. The summed E-state index contributed by atoms with van der Waals surface area (Å²) in [6, 6.07) is 22.3. The van der Waals surface area contributed by atoms with Crippen LogP contribution in [-0.4, -0.2) is 34.2 Å². The van der Waals surface area contributed by atoms with E-state index in [1.54, 1.807) is 61.7 Å². The second kappa shape index (κ2) is 10.6. The van der Waals surface area contributed by atoms with Crippen LogP contribution in [0.5, 0.6) is 5.75 Å². The first-order chi connectivity index (χ1) is 15.4. The van der Waals surface area contributed by atoms with Crippen molar-refractivity contribution in [3.8, 4) is 5.75 Å². The summed E-state index contributed by atoms with van der Waals surface area (Å²) in [7, 11) is -2.37. The zero-order chi connectivity index (χ0) is 23.0. The van der Waals surface area contributed by atoms with Crippen molar-refractivity contribution < 1.29 is 17.9 Å². The summed E-state index contributed by atoms with van der Waals surface area (Å²) in [5.41, 5.74) is 4.63. The standard InChI is InChI=1S/C24H25N3O4S/c1-3-19-9-13-21(14-10-19)27(32(29,30)23-7-5-4-6-8-23)18-24(28)26-25-17-20-11-15-22(31-2)16-12-20/h4-17H,3,18H2,1-2H3,(H,26,28)/b25-17-. The molecule has 3 aromatic carbocycles. The van der Waals surface area contributed by atoms with E-state index in [1.165, 1.54) is 18.3 Å². The Morgan fingerprint density at radius 3 is 2.25 bits per heavy atom. The van der Waals surface area contributed by atoms with E-state index in [2.05, 4.69) is 10.5 Å². The third-order valence-electron chi connectivity index (χ3n) is 4.77. The molecule has 0 saturated heterocycles. The number of hydrogen-bond acceptors (Lipinski definition) is 5. The lowest BCUT2D eigenvalue weighted by molar-refractivity contribution is -0.119. The Kier molecular flexibility index (Phi) is 7.62. The van der Waals surface area contributed by atoms with E-state index in [0.29, 0.717) is 11.4 Å². The van der Waals surface area contributed by atoms with Gasteiger partial charge in [-0.3, -0.25) is 9.10 Å². The van der Waals surface area contributed by atoms with E-state index in [-0.39, 0.29) is 4.90 Å². The fourth-order valence-corrected chi connectivity index (χ4v) is 4.41. The highest BCUT2D eigenvalue weighted by atomic mass is 32.2. The first-order valence-corrected chi connectivity index (χ1v) is 11.5. The predicted molar refractivity (Wildman–Crippen MR) is 126 cm³/mol. The van der Waals surface area contributed by atoms with Crippen LogP contribution in [-0.2, 0) is 21.2 Å². The molecule has 0 heterocycles. The lowest BCUT2D eigenvalue weighted by atomic mass is 10.1. The Balaban J connectivity index is 1.79. The zero-order valence-electron chi connectivity index (χ0n) is 17.9. The van der Waals surface area contributed by atoms with Crippen molar-refractivity contribution in [2.24, 2.45) is 5.10 Å². The van der Waals surface area contributed by atoms with Crippen molar-refractivity contribution in [1.82, 2.24) is 5.43 Å². The normalized spacial score (nSPS) is 11.3. The highest BCUT2D eigenvalue weighted by molar-refractivity contribution is 7.92. The molecular weight excluding hydrogens is 426 g/mol. The Morgan fingerprint density at radius 1 is 1.00 bits per heavy atom. The monoisotopic (exact) mass is 451 g/mol. The first kappa shape index (κ1) is 23.0. The molecule has 8 heteroatoms. The number of aryl methyl sites for hydroxylation is 1. The SMILES string of the molecule is CCc1ccc(N(CC(=O)N/N=C\c2ccc(OC)cc2)S(=O)(=O)c2ccccc2)cc1. The van der Waals surface area contributed by atoms with E-state index in [4.69, 9.17) is 4.74 Å². The largest absolute Gasteiger partial charge is 0.497 e. The molecule has 0 aromatic heterocycles. The summed E-state index contributed by atoms with van der Waals surface area (Å²) in [4.78, 5) is 12.7. The van der Waals surface area contributed by atoms with Crippen LogP contribution in [0.1, 0.15) is 18.1 Å². The van der Waals surface area contributed by atoms with Crippen LogP contribution >= 0.6 is 0 Å². The molecule has 166 valence electrons. The van der Waals surface area contributed by atoms with Crippen LogP contribution in [0, 0.1) is 0 Å². The molecule has 1 amide bonds. The molecule has 0 aliphatic rings. The Hall–Kier alpha value is -3.65. The van der Waals surface area contributed by atoms with Crippen LogP contribution in [0.25, 0.3) is 0 Å². The smallest absolute Gasteiger partial charge is 0.264 e. The molecule has 0 aliphatic carbocycles. The van der Waals surface area contributed by atoms with Gasteiger partial charge < -0.3 is 4.74 Å². The van der Waals surface area contributed by atoms with Gasteiger partial charge in [-0.25, -0.2) is 13.8 Å². The number of hydrogen-bond donors (Lipinski definition) is 1. The molecule has 3 rings (SSSR count). The van der Waals surface area contributed by atoms with E-state index in [1.807, 2.05) is 19.1 Å². The van der Waals surface area contributed by atoms with Crippen molar-refractivity contribution >= 4 is 27.8 Å². The third-order valence-corrected chi connectivity index (χ3v) is 6.56. The highest BCUT2D eigenvalue weighted by Crippen LogP contribution is 2.24. The summed E-state index contributed by atoms with van der Waals surface area (Å²) in [5, 5.41) is 3.94. The molecule has 0 bridgehead atoms. The Labute approximate surface area is 188 Å². The van der Waals surface area contributed by atoms with E-state index in [9.17, 15) is 13.2 Å². The number of nitrogens with zero attached hydrogens (tertiary/aromatic N) is 2. The molecule has 3 aromatic rings. The molecule has 1 N–H and O–H groups in total. The van der Waals surface area contributed by atoms with Crippen LogP contribution in [0.2, 0.25) is 0 Å². The minimum atomic E-state index is -3.95. The summed E-state index contributed by atoms with van der Waals surface area (Å²) in [6.45, 7) is 1.60. The number of methoxy groups -OCH3 is 1. The van der Waals surface area contributed by atoms with E-state index < -0.39 is 22.5 Å². The first-order valence-electron chi connectivity index (χ1n) is 10.1. The number of amides is 1. The van der Waals surface area contributed by atoms with Crippen molar-refractivity contribution in [1.29, 1.82) is 0 Å². The lowest BCUT2D eigenvalue weighted by Gasteiger charge is -2.24. The van der Waals surface area contributed by atoms with Crippen molar-refractivity contribution in [3.63, 3.8) is 0 Å². The van der Waals surface area contributed by atoms with Gasteiger partial charge in [0.15, 0.2) is 0 Å². The van der Waals surface area contributed by atoms with Gasteiger partial charge in [-0.1, -0.05) is 37.3 Å². The molecule has 32 heavy (non-hydrogen) atoms. The molecule has 0 radical (unpaired) electrons. The van der Waals surface area contributed by atoms with Crippen LogP contribution in [0.3, 0.4) is 0 Å². The topological polar surface area (TPSA) is 88.1 Å². The van der Waals surface area contributed by atoms with E-state index >= 15 is 0 Å². The van der Waals surface area contributed by atoms with Crippen LogP contribution < -0.4 is 14.5 Å². The van der Waals surface area contributed by atoms with Gasteiger partial charge >= 0.3 is 0 Å². The number of benzene rings is 3. The van der Waals surface area contributed by atoms with Crippen LogP contribution in [0.4, 0.5) is 5.69 Å². The van der Waals surface area contributed by atoms with Gasteiger partial charge in [0.25, 0.3) is 15.9 Å². The number of nitrogens with one attached hydrogen (secondary N) is 1. The zero-order valence-corrected chi connectivity index (χ0v) is 18.7. The van der Waals surface area contributed by atoms with Gasteiger partial charge in [-0.05, 0) is 66.1 Å². The fraction of sp³-hybridized carbons (Fsp3) is 0.167. The summed E-state index contributed by atoms with van der Waals surface area (Å²) < 4.78 is 32.7. The summed E-state index contributed by atoms with van der Waals surface area (Å²) in [6.07, 6.45) is 2.30. The third kappa shape index (κ3) is 5.73. The van der Waals surface area contributed by atoms with Crippen molar-refractivity contribution in [3.05, 3.63) is 90.0 Å². The van der Waals surface area contributed by atoms with Gasteiger partial charge in [-0.15, -0.1) is 0 Å². The number of ether oxygens (including phenoxy) is 1. The maximum absolute atomic E-state index is 13.3. The number of rotatable bonds is 9. The second-order valence-corrected chi connectivity index (χ2v) is 8.77. The summed E-state index contributed by atoms with van der Waals surface area (Å²) in [5.74, 6) is 0.149. The number of carbonyl (C=O) groups is 1. The molecule has 0 fully saturated rings. The number of carbonyl (C=O) groups excluding carboxylic acids is 1. The molecular formula is C24H25N3O4S. The van der Waals surface area contributed by atoms with Gasteiger partial charge in [0.2, 0.25) is 0 Å². The predicted octanol–water partition coefficient (Wildman–Crippen LogP) is 3.60. The minimum absolute atomic E-state index is 0.106. The molecule has 0 saturated carbocycles. The molecule has 7 nitrogen and oxygen atoms in total. The van der Waals surface area contributed by atoms with Crippen LogP contribution in [0.15, 0.2) is 88.9 Å². The molecule has 0 unspecified atom stereocenters. The number of hydrazone groups is 1. The van der Waals surface area contributed by atoms with Gasteiger partial charge in [0.05, 0.1) is 23.9 Å². The van der Waals surface area contributed by atoms with Gasteiger partial charge in [0, 0.05) is 0 Å². The maximum atomic E-state index is 13.3. The van der Waals surface area contributed by atoms with Gasteiger partial charge in [-0.2, -0.15) is 5.10 Å². The maximum Gasteiger partial charge on any atom is 0.264 e. The average Bonchev–Trinajstić information content (AvgIpc) is 2.83. The average molecular weight is 452 g/mol. The number of sulfonamides is 1. The quantitative estimate of drug-likeness (QED) is 0.398. The van der Waals surface area contributed by atoms with E-state index in [0.717, 1.165) is 21.9 Å². The van der Waals surface area contributed by atoms with Gasteiger partial charge in [0.1, 0.15) is 12.3 Å². The molecule has 0 spiro atoms. The molecule has 0 aliphatic heterocycles. The Morgan fingerprint density at radius 2 is 1.66 bits per heavy atom. The highest BCUT2D eigenvalue weighted by Gasteiger charge is 2.27. The second-order valence-electron chi connectivity index (χ2n) is 6.91. The van der Waals surface area contributed by atoms with Crippen molar-refractivity contribution in [2.45, 2.75) is 18.2 Å². The minimum Gasteiger partial charge on any atom is -0.497 e. The Bertz CT molecular complexity index is 1160. The summed E-state index contributed by atoms with van der Waals surface area (Å²) >= 11 is 0. The molecule has 0 atom stereocenters. The number of anilines is 1. The van der Waals surface area contributed by atoms with Crippen molar-refractivity contribution in [2.75, 3.05) is 18.0 Å².